The van der Waals surface area contributed by atoms with Gasteiger partial charge in [-0.1, -0.05) is 12.1 Å². The van der Waals surface area contributed by atoms with Crippen LogP contribution in [-0.4, -0.2) is 19.1 Å². The number of halogens is 2. The van der Waals surface area contributed by atoms with Crippen molar-refractivity contribution in [1.82, 2.24) is 0 Å². The zero-order chi connectivity index (χ0) is 19.5. The van der Waals surface area contributed by atoms with Crippen LogP contribution in [0.25, 0.3) is 0 Å². The Morgan fingerprint density at radius 2 is 2.04 bits per heavy atom. The highest BCUT2D eigenvalue weighted by molar-refractivity contribution is 7.10. The summed E-state index contributed by atoms with van der Waals surface area (Å²) in [6, 6.07) is 12.7. The zero-order valence-electron chi connectivity index (χ0n) is 15.0. The number of carbonyl (C=O) groups is 1. The number of rotatable bonds is 5. The van der Waals surface area contributed by atoms with E-state index in [0.717, 1.165) is 43.4 Å². The fourth-order valence-corrected chi connectivity index (χ4v) is 4.12. The highest BCUT2D eigenvalue weighted by Gasteiger charge is 2.20. The summed E-state index contributed by atoms with van der Waals surface area (Å²) in [5, 5.41) is 4.93. The maximum Gasteiger partial charge on any atom is 0.262 e. The smallest absolute Gasteiger partial charge is 0.262 e. The summed E-state index contributed by atoms with van der Waals surface area (Å²) in [6.07, 6.45) is 0.974. The predicted octanol–water partition coefficient (Wildman–Crippen LogP) is 4.61. The molecular formula is C21H18F2N2O2S. The van der Waals surface area contributed by atoms with E-state index in [1.807, 2.05) is 24.3 Å². The van der Waals surface area contributed by atoms with Crippen molar-refractivity contribution in [2.24, 2.45) is 0 Å². The second-order valence-electron chi connectivity index (χ2n) is 6.47. The van der Waals surface area contributed by atoms with E-state index in [-0.39, 0.29) is 12.4 Å². The predicted molar refractivity (Wildman–Crippen MR) is 106 cm³/mol. The number of anilines is 2. The number of nitrogens with zero attached hydrogens (tertiary/aromatic N) is 1. The van der Waals surface area contributed by atoms with Gasteiger partial charge in [-0.3, -0.25) is 4.79 Å². The van der Waals surface area contributed by atoms with Crippen molar-refractivity contribution in [3.63, 3.8) is 0 Å². The van der Waals surface area contributed by atoms with E-state index in [2.05, 4.69) is 21.7 Å². The first-order chi connectivity index (χ1) is 13.6. The maximum absolute atomic E-state index is 13.6. The third-order valence-electron chi connectivity index (χ3n) is 4.58. The van der Waals surface area contributed by atoms with E-state index in [1.54, 1.807) is 11.3 Å². The van der Waals surface area contributed by atoms with Crippen LogP contribution in [0.5, 0.6) is 5.75 Å². The van der Waals surface area contributed by atoms with Gasteiger partial charge >= 0.3 is 0 Å². The summed E-state index contributed by atoms with van der Waals surface area (Å²) in [6.45, 7) is 1.30. The van der Waals surface area contributed by atoms with Crippen LogP contribution in [0.3, 0.4) is 0 Å². The van der Waals surface area contributed by atoms with Crippen molar-refractivity contribution >= 4 is 28.6 Å². The minimum Gasteiger partial charge on any atom is -0.481 e. The van der Waals surface area contributed by atoms with Crippen LogP contribution in [0.1, 0.15) is 10.4 Å². The second-order valence-corrected chi connectivity index (χ2v) is 7.47. The molecule has 0 saturated carbocycles. The molecule has 0 bridgehead atoms. The molecule has 0 atom stereocenters. The lowest BCUT2D eigenvalue weighted by molar-refractivity contribution is -0.118. The number of thiophene rings is 1. The molecule has 1 aromatic heterocycles. The minimum absolute atomic E-state index is 0.161. The standard InChI is InChI=1S/C21H18F2N2O2S/c22-15-5-6-19(16(23)11-15)27-13-21(26)24-17-3-1-2-4-18(17)25-9-7-20-14(12-25)8-10-28-20/h1-6,8,10-11H,7,9,12-13H2,(H,24,26). The Morgan fingerprint density at radius 1 is 1.18 bits per heavy atom. The molecule has 1 amide bonds. The SMILES string of the molecule is O=C(COc1ccc(F)cc1F)Nc1ccccc1N1CCc2sccc2C1. The molecule has 0 spiro atoms. The minimum atomic E-state index is -0.840. The highest BCUT2D eigenvalue weighted by atomic mass is 32.1. The average Bonchev–Trinajstić information content (AvgIpc) is 3.15. The molecule has 0 aliphatic carbocycles. The van der Waals surface area contributed by atoms with Gasteiger partial charge in [-0.15, -0.1) is 11.3 Å². The van der Waals surface area contributed by atoms with Gasteiger partial charge in [0, 0.05) is 24.0 Å². The van der Waals surface area contributed by atoms with Crippen LogP contribution in [0, 0.1) is 11.6 Å². The molecule has 1 aliphatic heterocycles. The van der Waals surface area contributed by atoms with Crippen molar-refractivity contribution in [2.75, 3.05) is 23.4 Å². The molecule has 3 aromatic rings. The number of ether oxygens (including phenoxy) is 1. The number of carbonyl (C=O) groups excluding carboxylic acids is 1. The third kappa shape index (κ3) is 3.99. The fraction of sp³-hybridized carbons (Fsp3) is 0.190. The van der Waals surface area contributed by atoms with Crippen molar-refractivity contribution in [3.05, 3.63) is 76.0 Å². The van der Waals surface area contributed by atoms with Gasteiger partial charge in [0.2, 0.25) is 0 Å². The Labute approximate surface area is 165 Å². The van der Waals surface area contributed by atoms with Gasteiger partial charge in [-0.2, -0.15) is 0 Å². The van der Waals surface area contributed by atoms with Gasteiger partial charge in [-0.05, 0) is 47.7 Å². The van der Waals surface area contributed by atoms with E-state index < -0.39 is 17.5 Å². The highest BCUT2D eigenvalue weighted by Crippen LogP contribution is 2.32. The molecule has 0 radical (unpaired) electrons. The van der Waals surface area contributed by atoms with Gasteiger partial charge in [0.25, 0.3) is 5.91 Å². The van der Waals surface area contributed by atoms with Crippen molar-refractivity contribution in [3.8, 4) is 5.75 Å². The van der Waals surface area contributed by atoms with Crippen molar-refractivity contribution < 1.29 is 18.3 Å². The van der Waals surface area contributed by atoms with E-state index >= 15 is 0 Å². The lowest BCUT2D eigenvalue weighted by Gasteiger charge is -2.30. The molecule has 28 heavy (non-hydrogen) atoms. The molecule has 2 aromatic carbocycles. The summed E-state index contributed by atoms with van der Waals surface area (Å²) >= 11 is 1.78. The van der Waals surface area contributed by atoms with E-state index in [1.165, 1.54) is 10.4 Å². The normalized spacial score (nSPS) is 13.1. The summed E-state index contributed by atoms with van der Waals surface area (Å²) in [5.41, 5.74) is 2.92. The monoisotopic (exact) mass is 400 g/mol. The van der Waals surface area contributed by atoms with Crippen LogP contribution < -0.4 is 15.0 Å². The van der Waals surface area contributed by atoms with Gasteiger partial charge in [0.05, 0.1) is 11.4 Å². The third-order valence-corrected chi connectivity index (χ3v) is 5.60. The maximum atomic E-state index is 13.6. The average molecular weight is 400 g/mol. The fourth-order valence-electron chi connectivity index (χ4n) is 3.23. The quantitative estimate of drug-likeness (QED) is 0.680. The number of hydrogen-bond acceptors (Lipinski definition) is 4. The Balaban J connectivity index is 1.43. The first-order valence-corrected chi connectivity index (χ1v) is 9.75. The Morgan fingerprint density at radius 3 is 2.89 bits per heavy atom. The molecule has 1 N–H and O–H groups in total. The summed E-state index contributed by atoms with van der Waals surface area (Å²) < 4.78 is 31.8. The number of hydrogen-bond donors (Lipinski definition) is 1. The molecule has 1 aliphatic rings. The van der Waals surface area contributed by atoms with Crippen LogP contribution in [-0.2, 0) is 17.8 Å². The van der Waals surface area contributed by atoms with Gasteiger partial charge in [-0.25, -0.2) is 8.78 Å². The number of fused-ring (bicyclic) bond motifs is 1. The van der Waals surface area contributed by atoms with E-state index in [9.17, 15) is 13.6 Å². The lowest BCUT2D eigenvalue weighted by Crippen LogP contribution is -2.30. The van der Waals surface area contributed by atoms with Crippen LogP contribution in [0.2, 0.25) is 0 Å². The second kappa shape index (κ2) is 7.98. The first kappa shape index (κ1) is 18.4. The molecular weight excluding hydrogens is 382 g/mol. The Hall–Kier alpha value is -2.93. The van der Waals surface area contributed by atoms with Crippen molar-refractivity contribution in [2.45, 2.75) is 13.0 Å². The first-order valence-electron chi connectivity index (χ1n) is 8.87. The topological polar surface area (TPSA) is 41.6 Å². The number of benzene rings is 2. The van der Waals surface area contributed by atoms with Crippen LogP contribution in [0.15, 0.2) is 53.9 Å². The number of amides is 1. The van der Waals surface area contributed by atoms with E-state index in [4.69, 9.17) is 4.74 Å². The van der Waals surface area contributed by atoms with Crippen LogP contribution >= 0.6 is 11.3 Å². The molecule has 144 valence electrons. The largest absolute Gasteiger partial charge is 0.481 e. The number of nitrogens with one attached hydrogen (secondary N) is 1. The van der Waals surface area contributed by atoms with Crippen LogP contribution in [0.4, 0.5) is 20.2 Å². The summed E-state index contributed by atoms with van der Waals surface area (Å²) in [7, 11) is 0. The van der Waals surface area contributed by atoms with Gasteiger partial charge in [0.1, 0.15) is 5.82 Å². The molecule has 4 nitrogen and oxygen atoms in total. The zero-order valence-corrected chi connectivity index (χ0v) is 15.8. The Bertz CT molecular complexity index is 1010. The van der Waals surface area contributed by atoms with Gasteiger partial charge < -0.3 is 15.0 Å². The summed E-state index contributed by atoms with van der Waals surface area (Å²) in [5.74, 6) is -2.11. The van der Waals surface area contributed by atoms with Gasteiger partial charge in [0.15, 0.2) is 18.2 Å². The molecule has 0 saturated heterocycles. The summed E-state index contributed by atoms with van der Waals surface area (Å²) in [4.78, 5) is 15.9. The van der Waals surface area contributed by atoms with Crippen molar-refractivity contribution in [1.29, 1.82) is 0 Å². The molecule has 0 unspecified atom stereocenters. The number of para-hydroxylation sites is 2. The molecule has 7 heteroatoms. The lowest BCUT2D eigenvalue weighted by atomic mass is 10.1. The molecule has 2 heterocycles. The van der Waals surface area contributed by atoms with E-state index in [0.29, 0.717) is 5.69 Å². The molecule has 0 fully saturated rings. The Kier molecular flexibility index (Phi) is 5.25. The molecule has 4 rings (SSSR count).